The molecule has 0 bridgehead atoms. The highest BCUT2D eigenvalue weighted by Gasteiger charge is 2.57. The lowest BCUT2D eigenvalue weighted by Gasteiger charge is -2.30. The summed E-state index contributed by atoms with van der Waals surface area (Å²) in [7, 11) is -4.40. The molecule has 5 N–H and O–H groups in total. The van der Waals surface area contributed by atoms with E-state index in [-0.39, 0.29) is 19.0 Å². The zero-order valence-corrected chi connectivity index (χ0v) is 27.8. The van der Waals surface area contributed by atoms with Crippen LogP contribution in [-0.2, 0) is 24.0 Å². The molecule has 1 fully saturated rings. The second kappa shape index (κ2) is 19.2. The van der Waals surface area contributed by atoms with Gasteiger partial charge in [-0.05, 0) is 43.2 Å². The number of ether oxygens (including phenoxy) is 1. The Balaban J connectivity index is 1.30. The van der Waals surface area contributed by atoms with Crippen molar-refractivity contribution >= 4 is 37.6 Å². The predicted molar refractivity (Wildman–Crippen MR) is 175 cm³/mol. The van der Waals surface area contributed by atoms with Gasteiger partial charge in [-0.2, -0.15) is 16.9 Å². The van der Waals surface area contributed by atoms with Crippen molar-refractivity contribution in [1.29, 1.82) is 0 Å². The molecular formula is C30H52N5O7PS. The fourth-order valence-electron chi connectivity index (χ4n) is 5.58. The molecule has 250 valence electrons. The number of unbranched alkanes of at least 4 members (excludes halogenated alkanes) is 11. The van der Waals surface area contributed by atoms with Crippen LogP contribution in [0.1, 0.15) is 96.1 Å². The summed E-state index contributed by atoms with van der Waals surface area (Å²) >= 11 is 1.82. The van der Waals surface area contributed by atoms with Crippen molar-refractivity contribution < 1.29 is 33.5 Å². The Labute approximate surface area is 265 Å². The molecule has 12 nitrogen and oxygen atoms in total. The van der Waals surface area contributed by atoms with Crippen LogP contribution < -0.4 is 5.73 Å². The average Bonchev–Trinajstić information content (AvgIpc) is 3.55. The second-order valence-corrected chi connectivity index (χ2v) is 14.2. The van der Waals surface area contributed by atoms with Crippen molar-refractivity contribution in [3.05, 3.63) is 24.2 Å². The van der Waals surface area contributed by atoms with Crippen LogP contribution in [0.3, 0.4) is 0 Å². The molecule has 0 aliphatic carbocycles. The minimum absolute atomic E-state index is 0.0670. The fourth-order valence-corrected chi connectivity index (χ4v) is 7.28. The van der Waals surface area contributed by atoms with Crippen molar-refractivity contribution in [2.24, 2.45) is 4.99 Å². The van der Waals surface area contributed by atoms with E-state index in [9.17, 15) is 19.7 Å². The largest absolute Gasteiger partial charge is 0.472 e. The number of aliphatic hydroxyl groups is 2. The highest BCUT2D eigenvalue weighted by atomic mass is 32.2. The van der Waals surface area contributed by atoms with Crippen LogP contribution in [0, 0.1) is 0 Å². The molecular weight excluding hydrogens is 605 g/mol. The zero-order chi connectivity index (χ0) is 31.8. The zero-order valence-electron chi connectivity index (χ0n) is 26.1. The van der Waals surface area contributed by atoms with Crippen molar-refractivity contribution in [2.75, 3.05) is 37.0 Å². The molecule has 2 aromatic heterocycles. The van der Waals surface area contributed by atoms with Gasteiger partial charge in [0, 0.05) is 0 Å². The smallest absolute Gasteiger partial charge is 0.387 e. The number of thioether (sulfide) groups is 1. The third kappa shape index (κ3) is 10.8. The molecule has 1 saturated heterocycles. The molecule has 14 heteroatoms. The van der Waals surface area contributed by atoms with Crippen LogP contribution in [0.5, 0.6) is 0 Å². The maximum absolute atomic E-state index is 12.5. The van der Waals surface area contributed by atoms with Gasteiger partial charge in [0.15, 0.2) is 11.4 Å². The molecule has 0 amide bonds. The summed E-state index contributed by atoms with van der Waals surface area (Å²) in [4.78, 5) is 18.0. The summed E-state index contributed by atoms with van der Waals surface area (Å²) in [5.41, 5.74) is 5.24. The number of hydrogen-bond acceptors (Lipinski definition) is 11. The molecule has 2 aromatic rings. The number of phosphoric acid groups is 1. The van der Waals surface area contributed by atoms with E-state index in [1.54, 1.807) is 12.1 Å². The molecule has 0 spiro atoms. The van der Waals surface area contributed by atoms with Gasteiger partial charge in [-0.3, -0.25) is 14.0 Å². The van der Waals surface area contributed by atoms with Gasteiger partial charge >= 0.3 is 7.82 Å². The molecule has 0 radical (unpaired) electrons. The Morgan fingerprint density at radius 1 is 1.05 bits per heavy atom. The van der Waals surface area contributed by atoms with Crippen LogP contribution in [0.25, 0.3) is 5.52 Å². The van der Waals surface area contributed by atoms with Crippen molar-refractivity contribution in [2.45, 2.75) is 114 Å². The Morgan fingerprint density at radius 2 is 1.68 bits per heavy atom. The summed E-state index contributed by atoms with van der Waals surface area (Å²) < 4.78 is 30.3. The number of nitrogens with two attached hydrogens (primary N) is 1. The van der Waals surface area contributed by atoms with Gasteiger partial charge in [0.25, 0.3) is 0 Å². The van der Waals surface area contributed by atoms with E-state index in [2.05, 4.69) is 28.7 Å². The quantitative estimate of drug-likeness (QED) is 0.0656. The summed E-state index contributed by atoms with van der Waals surface area (Å²) in [5, 5.41) is 26.0. The number of hydrogen-bond donors (Lipinski definition) is 4. The normalized spacial score (nSPS) is 23.3. The number of rotatable bonds is 24. The maximum atomic E-state index is 12.5. The number of nitrogens with zero attached hydrogens (tertiary/aromatic N) is 4. The van der Waals surface area contributed by atoms with E-state index in [4.69, 9.17) is 19.5 Å². The third-order valence-corrected chi connectivity index (χ3v) is 10.2. The third-order valence-electron chi connectivity index (χ3n) is 8.04. The number of nitrogen functional groups attached to an aromatic ring is 1. The Kier molecular flexibility index (Phi) is 16.1. The van der Waals surface area contributed by atoms with Crippen LogP contribution in [0.2, 0.25) is 0 Å². The molecule has 1 aliphatic rings. The highest BCUT2D eigenvalue weighted by molar-refractivity contribution is 7.99. The highest BCUT2D eigenvalue weighted by Crippen LogP contribution is 2.46. The van der Waals surface area contributed by atoms with Crippen molar-refractivity contribution in [1.82, 2.24) is 14.6 Å². The average molecular weight is 658 g/mol. The topological polar surface area (TPSA) is 174 Å². The Bertz CT molecular complexity index is 1170. The van der Waals surface area contributed by atoms with Gasteiger partial charge in [-0.1, -0.05) is 77.6 Å². The maximum Gasteiger partial charge on any atom is 0.472 e. The van der Waals surface area contributed by atoms with E-state index in [1.165, 1.54) is 87.9 Å². The Morgan fingerprint density at radius 3 is 2.34 bits per heavy atom. The van der Waals surface area contributed by atoms with Crippen LogP contribution >= 0.6 is 19.6 Å². The van der Waals surface area contributed by atoms with Crippen LogP contribution in [0.15, 0.2) is 23.5 Å². The van der Waals surface area contributed by atoms with E-state index in [1.807, 2.05) is 11.8 Å². The number of anilines is 1. The molecule has 0 aromatic carbocycles. The standard InChI is InChI=1S/C30H52N5O7PS/c1-3-4-5-6-7-8-9-10-11-12-13-14-19-44-20-15-18-40-43(38,39)41-21-25-27(36)28(37)30(42-25,22-32-2)26-17-16-24-29(31)33-23-34-35(24)26/h16-17,23,25,27-28,36-37H,2-15,18-22H2,1H3,(H,38,39)(H2,31,33,34)/t25-,27-,28-,30+/m1/s1. The molecule has 0 saturated carbocycles. The van der Waals surface area contributed by atoms with Gasteiger partial charge in [0.2, 0.25) is 0 Å². The lowest BCUT2D eigenvalue weighted by molar-refractivity contribution is -0.0942. The fraction of sp³-hybridized carbons (Fsp3) is 0.767. The number of aliphatic imine (C=N–C) groups is 1. The number of fused-ring (bicyclic) bond motifs is 1. The summed E-state index contributed by atoms with van der Waals surface area (Å²) in [6.07, 6.45) is 13.8. The SMILES string of the molecule is C=NC[C@@]1(c2ccc3c(N)ncnn23)O[C@H](COP(=O)(O)OCCCSCCCCCCCCCCCCCC)[C@@H](O)[C@H]1O. The first-order valence-electron chi connectivity index (χ1n) is 16.0. The minimum Gasteiger partial charge on any atom is -0.387 e. The predicted octanol–water partition coefficient (Wildman–Crippen LogP) is 5.29. The summed E-state index contributed by atoms with van der Waals surface area (Å²) in [5.74, 6) is 2.12. The molecule has 3 heterocycles. The molecule has 1 unspecified atom stereocenters. The molecule has 3 rings (SSSR count). The van der Waals surface area contributed by atoms with Gasteiger partial charge in [0.05, 0.1) is 25.5 Å². The number of aliphatic hydroxyl groups excluding tert-OH is 2. The van der Waals surface area contributed by atoms with E-state index < -0.39 is 38.3 Å². The lowest BCUT2D eigenvalue weighted by Crippen LogP contribution is -2.44. The van der Waals surface area contributed by atoms with Crippen molar-refractivity contribution in [3.63, 3.8) is 0 Å². The minimum atomic E-state index is -4.40. The number of phosphoric ester groups is 1. The van der Waals surface area contributed by atoms with Crippen LogP contribution in [-0.4, -0.2) is 86.0 Å². The monoisotopic (exact) mass is 657 g/mol. The van der Waals surface area contributed by atoms with Crippen LogP contribution in [0.4, 0.5) is 5.82 Å². The van der Waals surface area contributed by atoms with E-state index in [0.29, 0.717) is 17.6 Å². The lowest BCUT2D eigenvalue weighted by atomic mass is 9.91. The van der Waals surface area contributed by atoms with E-state index in [0.717, 1.165) is 11.5 Å². The van der Waals surface area contributed by atoms with Gasteiger partial charge in [-0.25, -0.2) is 14.1 Å². The molecule has 1 aliphatic heterocycles. The van der Waals surface area contributed by atoms with Gasteiger partial charge in [0.1, 0.15) is 30.2 Å². The molecule has 5 atom stereocenters. The van der Waals surface area contributed by atoms with Gasteiger partial charge < -0.3 is 25.6 Å². The first-order valence-corrected chi connectivity index (χ1v) is 18.7. The second-order valence-electron chi connectivity index (χ2n) is 11.5. The summed E-state index contributed by atoms with van der Waals surface area (Å²) in [6, 6.07) is 3.30. The van der Waals surface area contributed by atoms with Crippen molar-refractivity contribution in [3.8, 4) is 0 Å². The number of aromatic nitrogens is 3. The first-order chi connectivity index (χ1) is 21.3. The Hall–Kier alpha value is -1.57. The summed E-state index contributed by atoms with van der Waals surface area (Å²) in [6.45, 7) is 5.23. The molecule has 44 heavy (non-hydrogen) atoms. The van der Waals surface area contributed by atoms with Gasteiger partial charge in [-0.15, -0.1) is 0 Å². The van der Waals surface area contributed by atoms with E-state index >= 15 is 0 Å². The first kappa shape index (κ1) is 36.9.